The molecule has 0 aromatic carbocycles. The van der Waals surface area contributed by atoms with Crippen LogP contribution in [0.4, 0.5) is 0 Å². The first-order valence-electron chi connectivity index (χ1n) is 4.25. The normalized spacial score (nSPS) is 10.1. The van der Waals surface area contributed by atoms with Crippen molar-refractivity contribution < 1.29 is 4.79 Å². The molecule has 0 spiro atoms. The largest absolute Gasteiger partial charge is 0.369 e. The van der Waals surface area contributed by atoms with Crippen LogP contribution < -0.4 is 11.1 Å². The van der Waals surface area contributed by atoms with Gasteiger partial charge in [0.1, 0.15) is 0 Å². The molecule has 0 saturated heterocycles. The lowest BCUT2D eigenvalue weighted by Gasteiger charge is -2.01. The molecule has 0 aliphatic carbocycles. The molecule has 3 nitrogen and oxygen atoms in total. The van der Waals surface area contributed by atoms with Crippen molar-refractivity contribution in [2.24, 2.45) is 5.73 Å². The van der Waals surface area contributed by atoms with Crippen molar-refractivity contribution in [3.05, 3.63) is 0 Å². The van der Waals surface area contributed by atoms with E-state index in [4.69, 9.17) is 5.73 Å². The third kappa shape index (κ3) is 9.78. The maximum Gasteiger partial charge on any atom is 0.231 e. The molecule has 0 aliphatic heterocycles. The molecule has 12 heavy (non-hydrogen) atoms. The Morgan fingerprint density at radius 3 is 2.75 bits per heavy atom. The molecule has 0 fully saturated rings. The standard InChI is InChI=1S/C8H18N2OS/c1-12-6-4-2-3-5-10-7-8(9)11/h10H,2-7H2,1H3,(H2,9,11). The summed E-state index contributed by atoms with van der Waals surface area (Å²) >= 11 is 1.88. The Hall–Kier alpha value is -0.220. The van der Waals surface area contributed by atoms with Crippen LogP contribution in [0.3, 0.4) is 0 Å². The Balaban J connectivity index is 2.86. The number of nitrogens with two attached hydrogens (primary N) is 1. The highest BCUT2D eigenvalue weighted by Crippen LogP contribution is 2.00. The van der Waals surface area contributed by atoms with E-state index >= 15 is 0 Å². The van der Waals surface area contributed by atoms with Crippen molar-refractivity contribution in [1.29, 1.82) is 0 Å². The fourth-order valence-corrected chi connectivity index (χ4v) is 1.38. The van der Waals surface area contributed by atoms with Gasteiger partial charge < -0.3 is 11.1 Å². The molecule has 0 heterocycles. The van der Waals surface area contributed by atoms with Gasteiger partial charge in [0.15, 0.2) is 0 Å². The average Bonchev–Trinajstić information content (AvgIpc) is 2.02. The number of carbonyl (C=O) groups excluding carboxylic acids is 1. The van der Waals surface area contributed by atoms with Gasteiger partial charge in [-0.2, -0.15) is 11.8 Å². The molecule has 1 amide bonds. The van der Waals surface area contributed by atoms with Crippen LogP contribution >= 0.6 is 11.8 Å². The highest BCUT2D eigenvalue weighted by Gasteiger charge is 1.92. The molecule has 0 aromatic rings. The highest BCUT2D eigenvalue weighted by atomic mass is 32.2. The van der Waals surface area contributed by atoms with E-state index < -0.39 is 0 Å². The van der Waals surface area contributed by atoms with Gasteiger partial charge in [0.25, 0.3) is 0 Å². The topological polar surface area (TPSA) is 55.1 Å². The zero-order valence-electron chi connectivity index (χ0n) is 7.64. The van der Waals surface area contributed by atoms with E-state index in [1.54, 1.807) is 0 Å². The van der Waals surface area contributed by atoms with Gasteiger partial charge in [-0.15, -0.1) is 0 Å². The molecular formula is C8H18N2OS. The van der Waals surface area contributed by atoms with E-state index in [9.17, 15) is 4.79 Å². The Kier molecular flexibility index (Phi) is 8.71. The third-order valence-electron chi connectivity index (χ3n) is 1.50. The predicted molar refractivity (Wildman–Crippen MR) is 54.3 cm³/mol. The minimum absolute atomic E-state index is 0.279. The first-order valence-corrected chi connectivity index (χ1v) is 5.64. The lowest BCUT2D eigenvalue weighted by Crippen LogP contribution is -2.29. The quantitative estimate of drug-likeness (QED) is 0.551. The van der Waals surface area contributed by atoms with Gasteiger partial charge in [-0.05, 0) is 31.4 Å². The van der Waals surface area contributed by atoms with Gasteiger partial charge in [-0.3, -0.25) is 4.79 Å². The summed E-state index contributed by atoms with van der Waals surface area (Å²) in [7, 11) is 0. The minimum Gasteiger partial charge on any atom is -0.369 e. The molecule has 0 aromatic heterocycles. The Morgan fingerprint density at radius 1 is 1.42 bits per heavy atom. The van der Waals surface area contributed by atoms with Gasteiger partial charge in [-0.25, -0.2) is 0 Å². The van der Waals surface area contributed by atoms with Crippen molar-refractivity contribution in [3.8, 4) is 0 Å². The second-order valence-electron chi connectivity index (χ2n) is 2.70. The van der Waals surface area contributed by atoms with Gasteiger partial charge in [0.2, 0.25) is 5.91 Å². The first-order chi connectivity index (χ1) is 5.77. The van der Waals surface area contributed by atoms with Crippen LogP contribution in [0.15, 0.2) is 0 Å². The average molecular weight is 190 g/mol. The zero-order valence-corrected chi connectivity index (χ0v) is 8.45. The highest BCUT2D eigenvalue weighted by molar-refractivity contribution is 7.98. The number of unbranched alkanes of at least 4 members (excludes halogenated alkanes) is 2. The van der Waals surface area contributed by atoms with Crippen molar-refractivity contribution in [2.45, 2.75) is 19.3 Å². The molecule has 4 heteroatoms. The second kappa shape index (κ2) is 8.87. The zero-order chi connectivity index (χ0) is 9.23. The smallest absolute Gasteiger partial charge is 0.231 e. The van der Waals surface area contributed by atoms with Gasteiger partial charge in [0.05, 0.1) is 6.54 Å². The van der Waals surface area contributed by atoms with Crippen molar-refractivity contribution in [1.82, 2.24) is 5.32 Å². The van der Waals surface area contributed by atoms with E-state index in [0.717, 1.165) is 13.0 Å². The van der Waals surface area contributed by atoms with Gasteiger partial charge in [-0.1, -0.05) is 6.42 Å². The van der Waals surface area contributed by atoms with Crippen LogP contribution in [0, 0.1) is 0 Å². The van der Waals surface area contributed by atoms with Crippen LogP contribution in [0.5, 0.6) is 0 Å². The number of amides is 1. The van der Waals surface area contributed by atoms with Crippen LogP contribution in [0.1, 0.15) is 19.3 Å². The second-order valence-corrected chi connectivity index (χ2v) is 3.68. The maximum absolute atomic E-state index is 10.3. The molecule has 3 N–H and O–H groups in total. The molecule has 0 unspecified atom stereocenters. The number of hydrogen-bond acceptors (Lipinski definition) is 3. The van der Waals surface area contributed by atoms with Crippen molar-refractivity contribution in [3.63, 3.8) is 0 Å². The van der Waals surface area contributed by atoms with Crippen LogP contribution in [0.2, 0.25) is 0 Å². The van der Waals surface area contributed by atoms with E-state index in [2.05, 4.69) is 11.6 Å². The lowest BCUT2D eigenvalue weighted by molar-refractivity contribution is -0.117. The summed E-state index contributed by atoms with van der Waals surface area (Å²) in [5.41, 5.74) is 4.95. The molecule has 0 bridgehead atoms. The van der Waals surface area contributed by atoms with Crippen LogP contribution in [-0.4, -0.2) is 31.0 Å². The molecule has 0 saturated carbocycles. The molecule has 0 radical (unpaired) electrons. The molecule has 0 atom stereocenters. The van der Waals surface area contributed by atoms with E-state index in [1.807, 2.05) is 11.8 Å². The minimum atomic E-state index is -0.279. The van der Waals surface area contributed by atoms with Crippen LogP contribution in [-0.2, 0) is 4.79 Å². The number of rotatable bonds is 8. The molecule has 0 aliphatic rings. The number of carbonyl (C=O) groups is 1. The Bertz CT molecular complexity index is 120. The lowest BCUT2D eigenvalue weighted by atomic mass is 10.2. The van der Waals surface area contributed by atoms with Crippen LogP contribution in [0.25, 0.3) is 0 Å². The summed E-state index contributed by atoms with van der Waals surface area (Å²) in [6, 6.07) is 0. The summed E-state index contributed by atoms with van der Waals surface area (Å²) in [5, 5.41) is 2.98. The summed E-state index contributed by atoms with van der Waals surface area (Å²) in [6.07, 6.45) is 5.74. The monoisotopic (exact) mass is 190 g/mol. The Morgan fingerprint density at radius 2 is 2.17 bits per heavy atom. The number of hydrogen-bond donors (Lipinski definition) is 2. The third-order valence-corrected chi connectivity index (χ3v) is 2.20. The summed E-state index contributed by atoms with van der Waals surface area (Å²) in [6.45, 7) is 1.21. The molecular weight excluding hydrogens is 172 g/mol. The van der Waals surface area contributed by atoms with Crippen molar-refractivity contribution in [2.75, 3.05) is 25.1 Å². The Labute approximate surface area is 78.5 Å². The summed E-state index contributed by atoms with van der Waals surface area (Å²) in [5.74, 6) is 0.953. The number of primary amides is 1. The van der Waals surface area contributed by atoms with Gasteiger partial charge >= 0.3 is 0 Å². The van der Waals surface area contributed by atoms with Gasteiger partial charge in [0, 0.05) is 0 Å². The fraction of sp³-hybridized carbons (Fsp3) is 0.875. The van der Waals surface area contributed by atoms with E-state index in [-0.39, 0.29) is 5.91 Å². The molecule has 72 valence electrons. The van der Waals surface area contributed by atoms with E-state index in [1.165, 1.54) is 18.6 Å². The predicted octanol–water partition coefficient (Wildman–Crippen LogP) is 0.595. The summed E-state index contributed by atoms with van der Waals surface area (Å²) < 4.78 is 0. The first kappa shape index (κ1) is 11.8. The number of nitrogens with one attached hydrogen (secondary N) is 1. The maximum atomic E-state index is 10.3. The molecule has 0 rings (SSSR count). The van der Waals surface area contributed by atoms with Crippen molar-refractivity contribution >= 4 is 17.7 Å². The summed E-state index contributed by atoms with van der Waals surface area (Å²) in [4.78, 5) is 10.3. The van der Waals surface area contributed by atoms with E-state index in [0.29, 0.717) is 6.54 Å². The SMILES string of the molecule is CSCCCCCNCC(N)=O. The number of thioether (sulfide) groups is 1. The fourth-order valence-electron chi connectivity index (χ4n) is 0.885.